The topological polar surface area (TPSA) is 89.9 Å². The zero-order valence-electron chi connectivity index (χ0n) is 12.1. The summed E-state index contributed by atoms with van der Waals surface area (Å²) in [4.78, 5) is 30.1. The van der Waals surface area contributed by atoms with Gasteiger partial charge in [0.1, 0.15) is 11.0 Å². The van der Waals surface area contributed by atoms with Crippen LogP contribution < -0.4 is 10.4 Å². The Bertz CT molecular complexity index is 1130. The van der Waals surface area contributed by atoms with Gasteiger partial charge in [0, 0.05) is 5.39 Å². The number of carbonyl (C=O) groups excluding carboxylic acids is 1. The first-order valence-corrected chi connectivity index (χ1v) is 6.98. The van der Waals surface area contributed by atoms with Crippen LogP contribution in [0.2, 0.25) is 0 Å². The summed E-state index contributed by atoms with van der Waals surface area (Å²) >= 11 is 0. The molecule has 0 fully saturated rings. The zero-order valence-corrected chi connectivity index (χ0v) is 12.1. The minimum atomic E-state index is -0.715. The molecule has 0 radical (unpaired) electrons. The van der Waals surface area contributed by atoms with Crippen molar-refractivity contribution in [1.29, 1.82) is 0 Å². The highest BCUT2D eigenvalue weighted by Crippen LogP contribution is 2.20. The molecule has 7 nitrogen and oxygen atoms in total. The molecule has 2 heterocycles. The average molecular weight is 324 g/mol. The quantitative estimate of drug-likeness (QED) is 0.606. The van der Waals surface area contributed by atoms with Gasteiger partial charge >= 0.3 is 11.5 Å². The fourth-order valence-electron chi connectivity index (χ4n) is 2.38. The Labute approximate surface area is 133 Å². The third-order valence-corrected chi connectivity index (χ3v) is 3.53. The normalized spacial score (nSPS) is 11.0. The first-order valence-electron chi connectivity index (χ1n) is 6.98. The Hall–Kier alpha value is -3.55. The molecule has 8 heteroatoms. The summed E-state index contributed by atoms with van der Waals surface area (Å²) < 4.78 is 13.8. The van der Waals surface area contributed by atoms with Gasteiger partial charge in [-0.2, -0.15) is 0 Å². The van der Waals surface area contributed by atoms with E-state index in [0.29, 0.717) is 10.2 Å². The van der Waals surface area contributed by atoms with Gasteiger partial charge in [-0.15, -0.1) is 10.2 Å². The first-order chi connectivity index (χ1) is 11.6. The highest BCUT2D eigenvalue weighted by atomic mass is 19.1. The number of fused-ring (bicyclic) bond motifs is 3. The molecule has 0 aliphatic carbocycles. The Morgan fingerprint density at radius 1 is 1.04 bits per heavy atom. The minimum absolute atomic E-state index is 0.0211. The van der Waals surface area contributed by atoms with Gasteiger partial charge in [0.2, 0.25) is 0 Å². The maximum atomic E-state index is 13.8. The average Bonchev–Trinajstić information content (AvgIpc) is 2.92. The minimum Gasteiger partial charge on any atom is -0.312 e. The second kappa shape index (κ2) is 5.27. The van der Waals surface area contributed by atoms with Crippen LogP contribution in [0.15, 0.2) is 53.3 Å². The summed E-state index contributed by atoms with van der Waals surface area (Å²) in [6, 6.07) is 12.5. The number of aromatic amines is 1. The number of rotatable bonds is 2. The molecule has 0 saturated heterocycles. The van der Waals surface area contributed by atoms with E-state index in [1.807, 2.05) is 0 Å². The maximum absolute atomic E-state index is 13.8. The summed E-state index contributed by atoms with van der Waals surface area (Å²) in [5.41, 5.74) is -0.190. The summed E-state index contributed by atoms with van der Waals surface area (Å²) in [5, 5.41) is 10.4. The Morgan fingerprint density at radius 2 is 1.79 bits per heavy atom. The van der Waals surface area contributed by atoms with E-state index in [4.69, 9.17) is 4.84 Å². The molecule has 0 amide bonds. The highest BCUT2D eigenvalue weighted by molar-refractivity contribution is 6.00. The number of hydrogen-bond acceptors (Lipinski definition) is 5. The predicted molar refractivity (Wildman–Crippen MR) is 83.0 cm³/mol. The van der Waals surface area contributed by atoms with Gasteiger partial charge in [0.05, 0.1) is 5.56 Å². The molecule has 4 rings (SSSR count). The van der Waals surface area contributed by atoms with Crippen molar-refractivity contribution in [3.8, 4) is 0 Å². The number of carbonyl (C=O) groups is 1. The van der Waals surface area contributed by atoms with Crippen LogP contribution in [0, 0.1) is 5.82 Å². The number of halogens is 1. The second-order valence-electron chi connectivity index (χ2n) is 5.02. The Balaban J connectivity index is 1.84. The standard InChI is InChI=1S/C16H9FN4O3/c17-11-8-4-7-10-12(11)18-19-14-13(10)20-21(15(14)22)24-16(23)9-5-2-1-3-6-9/h1-8,20H. The van der Waals surface area contributed by atoms with E-state index < -0.39 is 17.3 Å². The van der Waals surface area contributed by atoms with E-state index in [0.717, 1.165) is 0 Å². The summed E-state index contributed by atoms with van der Waals surface area (Å²) in [5.74, 6) is -1.27. The van der Waals surface area contributed by atoms with Crippen LogP contribution in [-0.4, -0.2) is 26.1 Å². The number of benzene rings is 2. The molecule has 0 unspecified atom stereocenters. The molecule has 0 aliphatic rings. The first kappa shape index (κ1) is 14.1. The predicted octanol–water partition coefficient (Wildman–Crippen LogP) is 1.68. The molecule has 0 saturated carbocycles. The van der Waals surface area contributed by atoms with Crippen molar-refractivity contribution in [3.05, 3.63) is 70.3 Å². The zero-order chi connectivity index (χ0) is 16.7. The molecule has 1 N–H and O–H groups in total. The van der Waals surface area contributed by atoms with Gasteiger partial charge in [0.25, 0.3) is 0 Å². The van der Waals surface area contributed by atoms with E-state index in [9.17, 15) is 14.0 Å². The van der Waals surface area contributed by atoms with Crippen molar-refractivity contribution in [1.82, 2.24) is 20.1 Å². The van der Waals surface area contributed by atoms with Gasteiger partial charge in [-0.25, -0.2) is 9.18 Å². The summed E-state index contributed by atoms with van der Waals surface area (Å²) in [6.07, 6.45) is 0. The fourth-order valence-corrected chi connectivity index (χ4v) is 2.38. The number of nitrogens with one attached hydrogen (secondary N) is 1. The molecular formula is C16H9FN4O3. The molecular weight excluding hydrogens is 315 g/mol. The molecule has 0 spiro atoms. The lowest BCUT2D eigenvalue weighted by atomic mass is 10.2. The lowest BCUT2D eigenvalue weighted by Crippen LogP contribution is -2.29. The number of hydrogen-bond donors (Lipinski definition) is 1. The van der Waals surface area contributed by atoms with Gasteiger partial charge in [0.15, 0.2) is 11.3 Å². The van der Waals surface area contributed by atoms with Crippen LogP contribution in [-0.2, 0) is 0 Å². The van der Waals surface area contributed by atoms with Gasteiger partial charge < -0.3 is 4.84 Å². The molecule has 118 valence electrons. The lowest BCUT2D eigenvalue weighted by Gasteiger charge is -2.02. The third-order valence-electron chi connectivity index (χ3n) is 3.53. The molecule has 0 bridgehead atoms. The van der Waals surface area contributed by atoms with Crippen LogP contribution in [0.4, 0.5) is 4.39 Å². The Morgan fingerprint density at radius 3 is 2.58 bits per heavy atom. The highest BCUT2D eigenvalue weighted by Gasteiger charge is 2.17. The van der Waals surface area contributed by atoms with E-state index >= 15 is 0 Å². The van der Waals surface area contributed by atoms with Crippen LogP contribution in [0.1, 0.15) is 10.4 Å². The van der Waals surface area contributed by atoms with Crippen molar-refractivity contribution in [2.75, 3.05) is 0 Å². The number of aromatic nitrogens is 4. The van der Waals surface area contributed by atoms with E-state index in [1.54, 1.807) is 36.4 Å². The van der Waals surface area contributed by atoms with Gasteiger partial charge in [-0.05, 0) is 18.2 Å². The van der Waals surface area contributed by atoms with Gasteiger partial charge in [-0.3, -0.25) is 9.89 Å². The van der Waals surface area contributed by atoms with Crippen molar-refractivity contribution < 1.29 is 14.0 Å². The monoisotopic (exact) mass is 324 g/mol. The van der Waals surface area contributed by atoms with Crippen LogP contribution in [0.3, 0.4) is 0 Å². The van der Waals surface area contributed by atoms with Gasteiger partial charge in [-0.1, -0.05) is 35.2 Å². The van der Waals surface area contributed by atoms with E-state index in [1.165, 1.54) is 12.1 Å². The fraction of sp³-hybridized carbons (Fsp3) is 0. The van der Waals surface area contributed by atoms with Crippen LogP contribution >= 0.6 is 0 Å². The molecule has 0 atom stereocenters. The molecule has 2 aromatic carbocycles. The van der Waals surface area contributed by atoms with Crippen molar-refractivity contribution in [3.63, 3.8) is 0 Å². The lowest BCUT2D eigenvalue weighted by molar-refractivity contribution is 0.0380. The number of H-pyrrole nitrogens is 1. The van der Waals surface area contributed by atoms with E-state index in [2.05, 4.69) is 15.3 Å². The van der Waals surface area contributed by atoms with Crippen LogP contribution in [0.25, 0.3) is 21.9 Å². The largest absolute Gasteiger partial charge is 0.365 e. The number of nitrogens with zero attached hydrogens (tertiary/aromatic N) is 3. The maximum Gasteiger partial charge on any atom is 0.365 e. The molecule has 24 heavy (non-hydrogen) atoms. The molecule has 2 aromatic heterocycles. The van der Waals surface area contributed by atoms with Crippen LogP contribution in [0.5, 0.6) is 0 Å². The van der Waals surface area contributed by atoms with Crippen molar-refractivity contribution in [2.24, 2.45) is 0 Å². The second-order valence-corrected chi connectivity index (χ2v) is 5.02. The SMILES string of the molecule is O=C(On1[nH]c2c(nnc3c(F)cccc32)c1=O)c1ccccc1. The smallest absolute Gasteiger partial charge is 0.312 e. The summed E-state index contributed by atoms with van der Waals surface area (Å²) in [6.45, 7) is 0. The molecule has 0 aliphatic heterocycles. The van der Waals surface area contributed by atoms with E-state index in [-0.39, 0.29) is 22.1 Å². The molecule has 4 aromatic rings. The van der Waals surface area contributed by atoms with Crippen molar-refractivity contribution >= 4 is 27.9 Å². The van der Waals surface area contributed by atoms with Crippen molar-refractivity contribution in [2.45, 2.75) is 0 Å². The third kappa shape index (κ3) is 2.12. The Kier molecular flexibility index (Phi) is 3.09. The summed E-state index contributed by atoms with van der Waals surface area (Å²) in [7, 11) is 0.